The minimum atomic E-state index is -3.54. The monoisotopic (exact) mass is 310 g/mol. The summed E-state index contributed by atoms with van der Waals surface area (Å²) in [5.74, 6) is -1.39. The highest BCUT2D eigenvalue weighted by Gasteiger charge is 2.24. The summed E-state index contributed by atoms with van der Waals surface area (Å²) in [4.78, 5) is 22.8. The SMILES string of the molecule is COC(=O)C(O)CNC(=O)C(CC(C)C)NS(C)(=O)=O. The quantitative estimate of drug-likeness (QED) is 0.474. The number of carbonyl (C=O) groups excluding carboxylic acids is 2. The van der Waals surface area contributed by atoms with Crippen molar-refractivity contribution in [2.24, 2.45) is 5.92 Å². The van der Waals surface area contributed by atoms with Gasteiger partial charge in [-0.05, 0) is 12.3 Å². The van der Waals surface area contributed by atoms with E-state index in [4.69, 9.17) is 0 Å². The van der Waals surface area contributed by atoms with Gasteiger partial charge in [0, 0.05) is 0 Å². The van der Waals surface area contributed by atoms with E-state index in [0.717, 1.165) is 13.4 Å². The lowest BCUT2D eigenvalue weighted by Gasteiger charge is -2.19. The molecule has 0 aromatic heterocycles. The van der Waals surface area contributed by atoms with Crippen LogP contribution in [-0.2, 0) is 24.3 Å². The normalized spacial score (nSPS) is 14.7. The first-order valence-electron chi connectivity index (χ1n) is 6.07. The molecule has 0 saturated carbocycles. The van der Waals surface area contributed by atoms with E-state index in [1.807, 2.05) is 13.8 Å². The third kappa shape index (κ3) is 8.08. The predicted octanol–water partition coefficient (Wildman–Crippen LogP) is -1.40. The van der Waals surface area contributed by atoms with Crippen LogP contribution in [0.4, 0.5) is 0 Å². The Hall–Kier alpha value is -1.19. The lowest BCUT2D eigenvalue weighted by Crippen LogP contribution is -2.49. The number of ether oxygens (including phenoxy) is 1. The van der Waals surface area contributed by atoms with Crippen LogP contribution in [0.25, 0.3) is 0 Å². The predicted molar refractivity (Wildman–Crippen MR) is 72.3 cm³/mol. The molecule has 0 aliphatic carbocycles. The molecule has 0 rings (SSSR count). The number of sulfonamides is 1. The Morgan fingerprint density at radius 1 is 1.30 bits per heavy atom. The van der Waals surface area contributed by atoms with Crippen molar-refractivity contribution in [3.8, 4) is 0 Å². The van der Waals surface area contributed by atoms with Gasteiger partial charge >= 0.3 is 5.97 Å². The maximum Gasteiger partial charge on any atom is 0.336 e. The van der Waals surface area contributed by atoms with Crippen molar-refractivity contribution in [2.45, 2.75) is 32.4 Å². The Morgan fingerprint density at radius 2 is 1.85 bits per heavy atom. The highest BCUT2D eigenvalue weighted by atomic mass is 32.2. The number of nitrogens with one attached hydrogen (secondary N) is 2. The lowest BCUT2D eigenvalue weighted by molar-refractivity contribution is -0.150. The van der Waals surface area contributed by atoms with E-state index in [9.17, 15) is 23.1 Å². The molecule has 20 heavy (non-hydrogen) atoms. The third-order valence-corrected chi connectivity index (χ3v) is 3.04. The molecule has 1 amide bonds. The lowest BCUT2D eigenvalue weighted by atomic mass is 10.0. The molecular weight excluding hydrogens is 288 g/mol. The summed E-state index contributed by atoms with van der Waals surface area (Å²) in [5, 5.41) is 11.6. The van der Waals surface area contributed by atoms with Crippen molar-refractivity contribution < 1.29 is 27.9 Å². The van der Waals surface area contributed by atoms with Crippen molar-refractivity contribution in [3.05, 3.63) is 0 Å². The Kier molecular flexibility index (Phi) is 7.69. The largest absolute Gasteiger partial charge is 0.467 e. The summed E-state index contributed by atoms with van der Waals surface area (Å²) in [5.41, 5.74) is 0. The first-order chi connectivity index (χ1) is 9.06. The highest BCUT2D eigenvalue weighted by molar-refractivity contribution is 7.88. The van der Waals surface area contributed by atoms with Crippen LogP contribution >= 0.6 is 0 Å². The van der Waals surface area contributed by atoms with E-state index >= 15 is 0 Å². The minimum absolute atomic E-state index is 0.0885. The number of carbonyl (C=O) groups is 2. The fourth-order valence-corrected chi connectivity index (χ4v) is 2.20. The molecule has 0 bridgehead atoms. The molecule has 9 heteroatoms. The summed E-state index contributed by atoms with van der Waals surface area (Å²) in [6, 6.07) is -0.949. The summed E-state index contributed by atoms with van der Waals surface area (Å²) in [7, 11) is -2.43. The zero-order valence-electron chi connectivity index (χ0n) is 12.0. The van der Waals surface area contributed by atoms with Gasteiger partial charge in [-0.2, -0.15) is 0 Å². The molecule has 0 saturated heterocycles. The van der Waals surface area contributed by atoms with E-state index in [0.29, 0.717) is 6.42 Å². The summed E-state index contributed by atoms with van der Waals surface area (Å²) in [6.07, 6.45) is -0.230. The fourth-order valence-electron chi connectivity index (χ4n) is 1.48. The number of hydrogen-bond donors (Lipinski definition) is 3. The molecule has 2 atom stereocenters. The second kappa shape index (κ2) is 8.18. The van der Waals surface area contributed by atoms with Gasteiger partial charge in [-0.1, -0.05) is 13.8 Å². The number of hydrogen-bond acceptors (Lipinski definition) is 6. The third-order valence-electron chi connectivity index (χ3n) is 2.32. The van der Waals surface area contributed by atoms with Gasteiger partial charge in [0.2, 0.25) is 15.9 Å². The van der Waals surface area contributed by atoms with Crippen molar-refractivity contribution >= 4 is 21.9 Å². The minimum Gasteiger partial charge on any atom is -0.467 e. The van der Waals surface area contributed by atoms with Crippen molar-refractivity contribution in [2.75, 3.05) is 19.9 Å². The molecule has 2 unspecified atom stereocenters. The van der Waals surface area contributed by atoms with E-state index in [1.165, 1.54) is 0 Å². The molecule has 0 aromatic carbocycles. The number of rotatable bonds is 8. The molecule has 8 nitrogen and oxygen atoms in total. The van der Waals surface area contributed by atoms with E-state index in [-0.39, 0.29) is 12.5 Å². The Bertz CT molecular complexity index is 434. The van der Waals surface area contributed by atoms with Gasteiger partial charge in [0.05, 0.1) is 19.9 Å². The zero-order chi connectivity index (χ0) is 15.9. The Labute approximate surface area is 118 Å². The zero-order valence-corrected chi connectivity index (χ0v) is 12.9. The Morgan fingerprint density at radius 3 is 2.25 bits per heavy atom. The molecule has 0 spiro atoms. The number of aliphatic hydroxyl groups is 1. The van der Waals surface area contributed by atoms with Gasteiger partial charge in [-0.15, -0.1) is 0 Å². The van der Waals surface area contributed by atoms with Crippen LogP contribution in [0.3, 0.4) is 0 Å². The van der Waals surface area contributed by atoms with Crippen LogP contribution in [-0.4, -0.2) is 57.5 Å². The van der Waals surface area contributed by atoms with Crippen LogP contribution in [0.15, 0.2) is 0 Å². The van der Waals surface area contributed by atoms with E-state index in [2.05, 4.69) is 14.8 Å². The highest BCUT2D eigenvalue weighted by Crippen LogP contribution is 2.06. The first-order valence-corrected chi connectivity index (χ1v) is 7.96. The van der Waals surface area contributed by atoms with Gasteiger partial charge < -0.3 is 15.2 Å². The average molecular weight is 310 g/mol. The molecule has 0 radical (unpaired) electrons. The Balaban J connectivity index is 4.59. The van der Waals surface area contributed by atoms with Crippen molar-refractivity contribution in [1.29, 1.82) is 0 Å². The van der Waals surface area contributed by atoms with E-state index in [1.54, 1.807) is 0 Å². The van der Waals surface area contributed by atoms with Crippen LogP contribution in [0.2, 0.25) is 0 Å². The number of amides is 1. The van der Waals surface area contributed by atoms with Gasteiger partial charge in [0.15, 0.2) is 6.10 Å². The van der Waals surface area contributed by atoms with Gasteiger partial charge in [-0.25, -0.2) is 17.9 Å². The molecule has 0 fully saturated rings. The van der Waals surface area contributed by atoms with Gasteiger partial charge in [0.25, 0.3) is 0 Å². The van der Waals surface area contributed by atoms with Crippen molar-refractivity contribution in [1.82, 2.24) is 10.0 Å². The van der Waals surface area contributed by atoms with Gasteiger partial charge in [0.1, 0.15) is 6.04 Å². The summed E-state index contributed by atoms with van der Waals surface area (Å²) >= 11 is 0. The van der Waals surface area contributed by atoms with Crippen LogP contribution in [0, 0.1) is 5.92 Å². The molecule has 0 aliphatic rings. The molecule has 118 valence electrons. The topological polar surface area (TPSA) is 122 Å². The van der Waals surface area contributed by atoms with Gasteiger partial charge in [-0.3, -0.25) is 4.79 Å². The fraction of sp³-hybridized carbons (Fsp3) is 0.818. The average Bonchev–Trinajstić information content (AvgIpc) is 2.31. The molecule has 0 heterocycles. The van der Waals surface area contributed by atoms with E-state index < -0.39 is 34.0 Å². The first kappa shape index (κ1) is 18.8. The standard InChI is InChI=1S/C11H22N2O6S/c1-7(2)5-8(13-20(4,17)18)10(15)12-6-9(14)11(16)19-3/h7-9,13-14H,5-6H2,1-4H3,(H,12,15). The summed E-state index contributed by atoms with van der Waals surface area (Å²) in [6.45, 7) is 3.34. The smallest absolute Gasteiger partial charge is 0.336 e. The maximum absolute atomic E-state index is 11.9. The van der Waals surface area contributed by atoms with Crippen molar-refractivity contribution in [3.63, 3.8) is 0 Å². The second-order valence-corrected chi connectivity index (χ2v) is 6.64. The number of esters is 1. The second-order valence-electron chi connectivity index (χ2n) is 4.86. The maximum atomic E-state index is 11.9. The van der Waals surface area contributed by atoms with Crippen LogP contribution in [0.5, 0.6) is 0 Å². The molecule has 3 N–H and O–H groups in total. The van der Waals surface area contributed by atoms with Crippen LogP contribution in [0.1, 0.15) is 20.3 Å². The summed E-state index contributed by atoms with van der Waals surface area (Å²) < 4.78 is 28.9. The number of aliphatic hydroxyl groups excluding tert-OH is 1. The molecule has 0 aliphatic heterocycles. The number of methoxy groups -OCH3 is 1. The molecule has 0 aromatic rings. The van der Waals surface area contributed by atoms with Crippen LogP contribution < -0.4 is 10.0 Å². The molecular formula is C11H22N2O6S.